The summed E-state index contributed by atoms with van der Waals surface area (Å²) in [5, 5.41) is 10.5. The molecule has 1 heterocycles. The summed E-state index contributed by atoms with van der Waals surface area (Å²) in [5.74, 6) is 0.574. The van der Waals surface area contributed by atoms with Crippen molar-refractivity contribution in [2.45, 2.75) is 13.3 Å². The first-order valence-corrected chi connectivity index (χ1v) is 10.1. The zero-order valence-corrected chi connectivity index (χ0v) is 17.5. The molecular weight excluding hydrogens is 390 g/mol. The Morgan fingerprint density at radius 3 is 2.16 bits per heavy atom. The molecule has 0 aliphatic heterocycles. The lowest BCUT2D eigenvalue weighted by Crippen LogP contribution is -2.00. The van der Waals surface area contributed by atoms with Gasteiger partial charge < -0.3 is 14.6 Å². The van der Waals surface area contributed by atoms with E-state index in [9.17, 15) is 9.90 Å². The van der Waals surface area contributed by atoms with E-state index in [2.05, 4.69) is 6.92 Å². The van der Waals surface area contributed by atoms with Gasteiger partial charge in [0.05, 0.1) is 30.5 Å². The van der Waals surface area contributed by atoms with E-state index in [1.165, 1.54) is 0 Å². The third-order valence-corrected chi connectivity index (χ3v) is 5.09. The predicted molar refractivity (Wildman–Crippen MR) is 122 cm³/mol. The summed E-state index contributed by atoms with van der Waals surface area (Å²) in [5.41, 5.74) is 4.21. The number of hydrogen-bond donors (Lipinski definition) is 1. The van der Waals surface area contributed by atoms with Crippen LogP contribution in [0.15, 0.2) is 72.8 Å². The molecule has 4 aromatic rings. The molecule has 1 N–H and O–H groups in total. The van der Waals surface area contributed by atoms with Gasteiger partial charge in [0.25, 0.3) is 0 Å². The Bertz CT molecular complexity index is 1210. The third-order valence-electron chi connectivity index (χ3n) is 5.09. The van der Waals surface area contributed by atoms with E-state index in [1.807, 2.05) is 66.7 Å². The van der Waals surface area contributed by atoms with Crippen LogP contribution in [0.5, 0.6) is 11.5 Å². The van der Waals surface area contributed by atoms with Gasteiger partial charge in [0.1, 0.15) is 11.5 Å². The van der Waals surface area contributed by atoms with Gasteiger partial charge >= 0.3 is 5.97 Å². The van der Waals surface area contributed by atoms with Gasteiger partial charge in [-0.2, -0.15) is 0 Å². The number of ether oxygens (including phenoxy) is 2. The van der Waals surface area contributed by atoms with Crippen molar-refractivity contribution in [3.8, 4) is 33.9 Å². The highest BCUT2D eigenvalue weighted by molar-refractivity contribution is 6.05. The van der Waals surface area contributed by atoms with Crippen molar-refractivity contribution in [3.63, 3.8) is 0 Å². The van der Waals surface area contributed by atoms with E-state index >= 15 is 0 Å². The van der Waals surface area contributed by atoms with Gasteiger partial charge in [0, 0.05) is 10.9 Å². The molecule has 0 saturated carbocycles. The lowest BCUT2D eigenvalue weighted by atomic mass is 9.99. The number of fused-ring (bicyclic) bond motifs is 1. The fraction of sp³-hybridized carbons (Fsp3) is 0.154. The van der Waals surface area contributed by atoms with Gasteiger partial charge in [-0.05, 0) is 72.1 Å². The quantitative estimate of drug-likeness (QED) is 0.399. The summed E-state index contributed by atoms with van der Waals surface area (Å²) in [6.45, 7) is 2.75. The zero-order valence-electron chi connectivity index (χ0n) is 17.5. The number of aromatic carboxylic acids is 1. The molecule has 156 valence electrons. The van der Waals surface area contributed by atoms with Crippen LogP contribution in [0.1, 0.15) is 23.7 Å². The molecular formula is C26H23NO4. The number of aromatic nitrogens is 1. The molecule has 5 nitrogen and oxygen atoms in total. The Hall–Kier alpha value is -3.86. The smallest absolute Gasteiger partial charge is 0.336 e. The molecule has 0 saturated heterocycles. The second kappa shape index (κ2) is 8.88. The van der Waals surface area contributed by atoms with E-state index in [4.69, 9.17) is 14.5 Å². The second-order valence-electron chi connectivity index (χ2n) is 7.19. The van der Waals surface area contributed by atoms with E-state index in [1.54, 1.807) is 13.2 Å². The Morgan fingerprint density at radius 2 is 1.52 bits per heavy atom. The summed E-state index contributed by atoms with van der Waals surface area (Å²) >= 11 is 0. The van der Waals surface area contributed by atoms with Gasteiger partial charge in [0.2, 0.25) is 0 Å². The molecule has 0 amide bonds. The lowest BCUT2D eigenvalue weighted by Gasteiger charge is -2.10. The minimum absolute atomic E-state index is 0.223. The normalized spacial score (nSPS) is 10.8. The highest BCUT2D eigenvalue weighted by atomic mass is 16.5. The number of rotatable bonds is 7. The number of carboxylic acids is 1. The minimum atomic E-state index is -0.984. The average Bonchev–Trinajstić information content (AvgIpc) is 2.82. The highest BCUT2D eigenvalue weighted by Crippen LogP contribution is 2.30. The molecule has 3 aromatic carbocycles. The second-order valence-corrected chi connectivity index (χ2v) is 7.19. The van der Waals surface area contributed by atoms with E-state index in [0.717, 1.165) is 34.6 Å². The molecule has 5 heteroatoms. The molecule has 4 rings (SSSR count). The molecule has 0 aliphatic carbocycles. The number of benzene rings is 3. The van der Waals surface area contributed by atoms with E-state index in [0.29, 0.717) is 23.2 Å². The van der Waals surface area contributed by atoms with Gasteiger partial charge in [0.15, 0.2) is 0 Å². The van der Waals surface area contributed by atoms with E-state index in [-0.39, 0.29) is 5.56 Å². The standard InChI is InChI=1S/C26H23NO4/c1-3-14-31-21-11-4-17(5-12-21)19-8-13-24-22(15-19)23(26(28)29)16-25(27-24)18-6-9-20(30-2)10-7-18/h4-13,15-16H,3,14H2,1-2H3,(H,28,29). The monoisotopic (exact) mass is 413 g/mol. The number of hydrogen-bond acceptors (Lipinski definition) is 4. The van der Waals surface area contributed by atoms with Crippen molar-refractivity contribution < 1.29 is 19.4 Å². The van der Waals surface area contributed by atoms with Crippen LogP contribution in [0.4, 0.5) is 0 Å². The molecule has 0 aliphatic rings. The maximum atomic E-state index is 12.0. The Balaban J connectivity index is 1.75. The van der Waals surface area contributed by atoms with Gasteiger partial charge in [-0.1, -0.05) is 25.1 Å². The first kappa shape index (κ1) is 20.4. The van der Waals surface area contributed by atoms with Crippen LogP contribution in [-0.2, 0) is 0 Å². The van der Waals surface area contributed by atoms with Crippen LogP contribution in [-0.4, -0.2) is 29.8 Å². The summed E-state index contributed by atoms with van der Waals surface area (Å²) in [7, 11) is 1.61. The number of methoxy groups -OCH3 is 1. The Labute approximate surface area is 180 Å². The fourth-order valence-corrected chi connectivity index (χ4v) is 3.46. The van der Waals surface area contributed by atoms with Gasteiger partial charge in [-0.3, -0.25) is 0 Å². The first-order chi connectivity index (χ1) is 15.1. The Kier molecular flexibility index (Phi) is 5.85. The molecule has 31 heavy (non-hydrogen) atoms. The van der Waals surface area contributed by atoms with Crippen LogP contribution < -0.4 is 9.47 Å². The van der Waals surface area contributed by atoms with Crippen molar-refractivity contribution in [1.82, 2.24) is 4.98 Å². The summed E-state index contributed by atoms with van der Waals surface area (Å²) in [4.78, 5) is 16.7. The van der Waals surface area contributed by atoms with Crippen molar-refractivity contribution in [2.75, 3.05) is 13.7 Å². The number of pyridine rings is 1. The van der Waals surface area contributed by atoms with Crippen molar-refractivity contribution in [2.24, 2.45) is 0 Å². The number of carbonyl (C=O) groups is 1. The molecule has 0 bridgehead atoms. The van der Waals surface area contributed by atoms with Crippen molar-refractivity contribution >= 4 is 16.9 Å². The first-order valence-electron chi connectivity index (χ1n) is 10.1. The van der Waals surface area contributed by atoms with Gasteiger partial charge in [-0.25, -0.2) is 9.78 Å². The lowest BCUT2D eigenvalue weighted by molar-refractivity contribution is 0.0699. The third kappa shape index (κ3) is 4.36. The van der Waals surface area contributed by atoms with Crippen molar-refractivity contribution in [3.05, 3.63) is 78.4 Å². The maximum absolute atomic E-state index is 12.0. The van der Waals surface area contributed by atoms with Crippen LogP contribution in [0, 0.1) is 0 Å². The van der Waals surface area contributed by atoms with Crippen molar-refractivity contribution in [1.29, 1.82) is 0 Å². The minimum Gasteiger partial charge on any atom is -0.497 e. The van der Waals surface area contributed by atoms with Crippen LogP contribution >= 0.6 is 0 Å². The predicted octanol–water partition coefficient (Wildman–Crippen LogP) is 6.06. The zero-order chi connectivity index (χ0) is 21.8. The average molecular weight is 413 g/mol. The fourth-order valence-electron chi connectivity index (χ4n) is 3.46. The molecule has 0 radical (unpaired) electrons. The molecule has 0 fully saturated rings. The Morgan fingerprint density at radius 1 is 0.871 bits per heavy atom. The highest BCUT2D eigenvalue weighted by Gasteiger charge is 2.14. The van der Waals surface area contributed by atoms with Gasteiger partial charge in [-0.15, -0.1) is 0 Å². The molecule has 0 unspecified atom stereocenters. The van der Waals surface area contributed by atoms with Crippen LogP contribution in [0.25, 0.3) is 33.3 Å². The summed E-state index contributed by atoms with van der Waals surface area (Å²) < 4.78 is 10.8. The van der Waals surface area contributed by atoms with E-state index < -0.39 is 5.97 Å². The topological polar surface area (TPSA) is 68.7 Å². The SMILES string of the molecule is CCCOc1ccc(-c2ccc3nc(-c4ccc(OC)cc4)cc(C(=O)O)c3c2)cc1. The number of carboxylic acid groups (broad SMARTS) is 1. The molecule has 1 aromatic heterocycles. The summed E-state index contributed by atoms with van der Waals surface area (Å²) in [6.07, 6.45) is 0.954. The van der Waals surface area contributed by atoms with Crippen LogP contribution in [0.2, 0.25) is 0 Å². The molecule has 0 atom stereocenters. The maximum Gasteiger partial charge on any atom is 0.336 e. The summed E-state index contributed by atoms with van der Waals surface area (Å²) in [6, 6.07) is 22.5. The van der Waals surface area contributed by atoms with Crippen LogP contribution in [0.3, 0.4) is 0 Å². The number of nitrogens with zero attached hydrogens (tertiary/aromatic N) is 1. The molecule has 0 spiro atoms. The largest absolute Gasteiger partial charge is 0.497 e.